The monoisotopic (exact) mass is 334 g/mol. The fraction of sp³-hybridized carbons (Fsp3) is 0.800. The minimum atomic E-state index is 0.490. The van der Waals surface area contributed by atoms with Crippen molar-refractivity contribution in [3.05, 3.63) is 22.0 Å². The Balaban J connectivity index is 1.66. The highest BCUT2D eigenvalue weighted by Crippen LogP contribution is 2.65. The van der Waals surface area contributed by atoms with Crippen LogP contribution >= 0.6 is 23.5 Å². The topological polar surface area (TPSA) is 0 Å². The number of rotatable bonds is 2. The van der Waals surface area contributed by atoms with Crippen molar-refractivity contribution in [1.29, 1.82) is 0 Å². The molecule has 2 aliphatic heterocycles. The van der Waals surface area contributed by atoms with Gasteiger partial charge in [-0.3, -0.25) is 0 Å². The average molecular weight is 335 g/mol. The second-order valence-corrected chi connectivity index (χ2v) is 11.7. The maximum absolute atomic E-state index is 2.61. The Kier molecular flexibility index (Phi) is 3.81. The summed E-state index contributed by atoms with van der Waals surface area (Å²) in [6.07, 6.45) is 9.60. The Morgan fingerprint density at radius 1 is 0.955 bits per heavy atom. The highest BCUT2D eigenvalue weighted by atomic mass is 32.2. The lowest BCUT2D eigenvalue weighted by Crippen LogP contribution is -2.40. The Labute approximate surface area is 145 Å². The molecule has 7 atom stereocenters. The highest BCUT2D eigenvalue weighted by molar-refractivity contribution is 8.05. The molecule has 0 saturated heterocycles. The van der Waals surface area contributed by atoms with E-state index in [0.29, 0.717) is 5.41 Å². The molecule has 4 aliphatic rings. The van der Waals surface area contributed by atoms with E-state index in [1.165, 1.54) is 19.3 Å². The van der Waals surface area contributed by atoms with E-state index in [4.69, 9.17) is 0 Å². The molecule has 4 rings (SSSR count). The van der Waals surface area contributed by atoms with Gasteiger partial charge in [-0.15, -0.1) is 23.5 Å². The summed E-state index contributed by atoms with van der Waals surface area (Å²) < 4.78 is 0. The zero-order valence-corrected chi connectivity index (χ0v) is 16.3. The predicted octanol–water partition coefficient (Wildman–Crippen LogP) is 6.35. The zero-order valence-electron chi connectivity index (χ0n) is 14.6. The number of fused-ring (bicyclic) bond motifs is 3. The summed E-state index contributed by atoms with van der Waals surface area (Å²) in [5.74, 6) is 4.38. The SMILES string of the molecule is CC1=CC2C(S1)C(C(C)(C)C1CCC(C)C1)C1SC(C)=C[C@@H]21. The number of allylic oxidation sites excluding steroid dienone is 4. The molecule has 0 N–H and O–H groups in total. The average Bonchev–Trinajstić information content (AvgIpc) is 3.12. The van der Waals surface area contributed by atoms with Gasteiger partial charge in [0.05, 0.1) is 0 Å². The van der Waals surface area contributed by atoms with Crippen LogP contribution in [-0.4, -0.2) is 10.5 Å². The van der Waals surface area contributed by atoms with Gasteiger partial charge in [-0.2, -0.15) is 0 Å². The number of thioether (sulfide) groups is 2. The van der Waals surface area contributed by atoms with Crippen LogP contribution < -0.4 is 0 Å². The maximum atomic E-state index is 2.61. The van der Waals surface area contributed by atoms with Gasteiger partial charge in [0.15, 0.2) is 0 Å². The fourth-order valence-corrected chi connectivity index (χ4v) is 9.47. The quantitative estimate of drug-likeness (QED) is 0.577. The smallest absolute Gasteiger partial charge is 0.0204 e. The number of hydrogen-bond acceptors (Lipinski definition) is 2. The van der Waals surface area contributed by atoms with Gasteiger partial charge in [0.2, 0.25) is 0 Å². The third kappa shape index (κ3) is 2.27. The van der Waals surface area contributed by atoms with Gasteiger partial charge in [0.1, 0.15) is 0 Å². The van der Waals surface area contributed by atoms with Gasteiger partial charge in [-0.1, -0.05) is 39.3 Å². The molecule has 0 spiro atoms. The molecular weight excluding hydrogens is 304 g/mol. The molecule has 0 aromatic heterocycles. The van der Waals surface area contributed by atoms with Gasteiger partial charge in [0, 0.05) is 10.5 Å². The van der Waals surface area contributed by atoms with Crippen molar-refractivity contribution in [2.45, 2.75) is 64.4 Å². The first kappa shape index (κ1) is 15.7. The first-order valence-electron chi connectivity index (χ1n) is 9.08. The van der Waals surface area contributed by atoms with Crippen LogP contribution in [0.4, 0.5) is 0 Å². The molecule has 2 heteroatoms. The molecule has 2 fully saturated rings. The van der Waals surface area contributed by atoms with E-state index in [1.54, 1.807) is 9.81 Å². The first-order chi connectivity index (χ1) is 10.4. The Morgan fingerprint density at radius 3 is 1.95 bits per heavy atom. The zero-order chi connectivity index (χ0) is 15.6. The molecule has 0 bridgehead atoms. The Hall–Kier alpha value is 0.180. The summed E-state index contributed by atoms with van der Waals surface area (Å²) in [5, 5.41) is 1.69. The van der Waals surface area contributed by atoms with Crippen molar-refractivity contribution in [2.75, 3.05) is 0 Å². The molecule has 0 amide bonds. The van der Waals surface area contributed by atoms with E-state index in [0.717, 1.165) is 40.1 Å². The Morgan fingerprint density at radius 2 is 1.50 bits per heavy atom. The molecular formula is C20H30S2. The van der Waals surface area contributed by atoms with Crippen molar-refractivity contribution in [1.82, 2.24) is 0 Å². The van der Waals surface area contributed by atoms with E-state index in [9.17, 15) is 0 Å². The van der Waals surface area contributed by atoms with Gasteiger partial charge in [0.25, 0.3) is 0 Å². The van der Waals surface area contributed by atoms with Crippen LogP contribution in [0.25, 0.3) is 0 Å². The van der Waals surface area contributed by atoms with E-state index >= 15 is 0 Å². The van der Waals surface area contributed by atoms with Crippen molar-refractivity contribution in [2.24, 2.45) is 35.0 Å². The molecule has 2 saturated carbocycles. The lowest BCUT2D eigenvalue weighted by atomic mass is 9.67. The summed E-state index contributed by atoms with van der Waals surface area (Å²) >= 11 is 4.41. The van der Waals surface area contributed by atoms with Crippen LogP contribution in [0.3, 0.4) is 0 Å². The molecule has 0 nitrogen and oxygen atoms in total. The summed E-state index contributed by atoms with van der Waals surface area (Å²) in [7, 11) is 0. The van der Waals surface area contributed by atoms with Crippen LogP contribution in [0, 0.1) is 35.0 Å². The first-order valence-corrected chi connectivity index (χ1v) is 10.8. The number of hydrogen-bond donors (Lipinski definition) is 0. The molecule has 122 valence electrons. The van der Waals surface area contributed by atoms with Gasteiger partial charge in [-0.05, 0) is 71.5 Å². The van der Waals surface area contributed by atoms with Crippen LogP contribution in [0.1, 0.15) is 53.9 Å². The van der Waals surface area contributed by atoms with Crippen molar-refractivity contribution in [3.8, 4) is 0 Å². The predicted molar refractivity (Wildman–Crippen MR) is 101 cm³/mol. The summed E-state index contributed by atoms with van der Waals surface area (Å²) in [6.45, 7) is 12.4. The lowest BCUT2D eigenvalue weighted by Gasteiger charge is -2.43. The van der Waals surface area contributed by atoms with E-state index in [-0.39, 0.29) is 0 Å². The van der Waals surface area contributed by atoms with E-state index < -0.39 is 0 Å². The van der Waals surface area contributed by atoms with Crippen molar-refractivity contribution < 1.29 is 0 Å². The minimum Gasteiger partial charge on any atom is -0.127 e. The third-order valence-corrected chi connectivity index (χ3v) is 9.79. The molecule has 6 unspecified atom stereocenters. The largest absolute Gasteiger partial charge is 0.127 e. The van der Waals surface area contributed by atoms with E-state index in [1.807, 2.05) is 0 Å². The third-order valence-electron chi connectivity index (χ3n) is 7.02. The molecule has 0 aromatic rings. The molecule has 0 radical (unpaired) electrons. The minimum absolute atomic E-state index is 0.490. The van der Waals surface area contributed by atoms with E-state index in [2.05, 4.69) is 70.3 Å². The lowest BCUT2D eigenvalue weighted by molar-refractivity contribution is 0.122. The van der Waals surface area contributed by atoms with Gasteiger partial charge >= 0.3 is 0 Å². The summed E-state index contributed by atoms with van der Waals surface area (Å²) in [6, 6.07) is 0. The molecule has 2 heterocycles. The fourth-order valence-electron chi connectivity index (χ4n) is 5.87. The van der Waals surface area contributed by atoms with Crippen LogP contribution in [0.2, 0.25) is 0 Å². The molecule has 0 aromatic carbocycles. The second-order valence-electron chi connectivity index (χ2n) is 8.84. The van der Waals surface area contributed by atoms with Crippen molar-refractivity contribution in [3.63, 3.8) is 0 Å². The van der Waals surface area contributed by atoms with Crippen LogP contribution in [-0.2, 0) is 0 Å². The maximum Gasteiger partial charge on any atom is 0.0204 e. The van der Waals surface area contributed by atoms with Crippen LogP contribution in [0.15, 0.2) is 22.0 Å². The molecule has 2 aliphatic carbocycles. The standard InChI is InChI=1S/C20H30S2/c1-11-6-7-14(8-11)20(4,5)17-18-15(9-12(2)21-18)16-10-13(3)22-19(16)17/h9-11,14-19H,6-8H2,1-5H3/t11?,14?,15-,16?,17?,18?,19?/m0/s1. The van der Waals surface area contributed by atoms with Crippen molar-refractivity contribution >= 4 is 23.5 Å². The van der Waals surface area contributed by atoms with Crippen LogP contribution in [0.5, 0.6) is 0 Å². The van der Waals surface area contributed by atoms with Gasteiger partial charge < -0.3 is 0 Å². The Bertz CT molecular complexity index is 498. The highest BCUT2D eigenvalue weighted by Gasteiger charge is 2.59. The normalized spacial score (nSPS) is 47.4. The summed E-state index contributed by atoms with van der Waals surface area (Å²) in [4.78, 5) is 3.16. The summed E-state index contributed by atoms with van der Waals surface area (Å²) in [5.41, 5.74) is 0.490. The van der Waals surface area contributed by atoms with Gasteiger partial charge in [-0.25, -0.2) is 0 Å². The second kappa shape index (κ2) is 5.34. The molecule has 22 heavy (non-hydrogen) atoms.